The third-order valence-electron chi connectivity index (χ3n) is 3.11. The van der Waals surface area contributed by atoms with Crippen LogP contribution in [0.1, 0.15) is 45.4 Å². The molecule has 0 amide bonds. The SMILES string of the molecule is [CH2]C(C(CCCCCCC)S(C)(=O)=O)S(C)(=O)=O. The zero-order valence-corrected chi connectivity index (χ0v) is 13.2. The quantitative estimate of drug-likeness (QED) is 0.610. The van der Waals surface area contributed by atoms with Crippen molar-refractivity contribution in [2.75, 3.05) is 12.5 Å². The van der Waals surface area contributed by atoms with Crippen LogP contribution in [0.4, 0.5) is 0 Å². The molecule has 0 fully saturated rings. The molecule has 0 bridgehead atoms. The summed E-state index contributed by atoms with van der Waals surface area (Å²) in [6.07, 6.45) is 7.50. The van der Waals surface area contributed by atoms with Crippen LogP contribution in [0.5, 0.6) is 0 Å². The maximum absolute atomic E-state index is 11.6. The molecule has 0 aromatic carbocycles. The fraction of sp³-hybridized carbons (Fsp3) is 0.917. The van der Waals surface area contributed by atoms with Gasteiger partial charge in [0.25, 0.3) is 0 Å². The molecule has 0 aromatic rings. The molecule has 0 aliphatic carbocycles. The first kappa shape index (κ1) is 17.9. The predicted octanol–water partition coefficient (Wildman–Crippen LogP) is 2.01. The summed E-state index contributed by atoms with van der Waals surface area (Å²) in [5, 5.41) is -1.95. The van der Waals surface area contributed by atoms with E-state index in [0.29, 0.717) is 6.42 Å². The maximum Gasteiger partial charge on any atom is 0.151 e. The van der Waals surface area contributed by atoms with Gasteiger partial charge in [-0.2, -0.15) is 0 Å². The van der Waals surface area contributed by atoms with Crippen LogP contribution in [0.15, 0.2) is 0 Å². The number of hydrogen-bond donors (Lipinski definition) is 0. The molecule has 6 heteroatoms. The van der Waals surface area contributed by atoms with Crippen LogP contribution in [-0.4, -0.2) is 39.8 Å². The Bertz CT molecular complexity index is 423. The Labute approximate surface area is 112 Å². The summed E-state index contributed by atoms with van der Waals surface area (Å²) >= 11 is 0. The molecule has 2 unspecified atom stereocenters. The highest BCUT2D eigenvalue weighted by Crippen LogP contribution is 2.19. The average molecular weight is 297 g/mol. The second kappa shape index (κ2) is 7.48. The molecule has 0 spiro atoms. The summed E-state index contributed by atoms with van der Waals surface area (Å²) in [5.41, 5.74) is 0. The first-order chi connectivity index (χ1) is 8.10. The molecule has 0 N–H and O–H groups in total. The van der Waals surface area contributed by atoms with E-state index in [9.17, 15) is 16.8 Å². The zero-order valence-electron chi connectivity index (χ0n) is 11.6. The number of sulfone groups is 2. The smallest absolute Gasteiger partial charge is 0.151 e. The van der Waals surface area contributed by atoms with Gasteiger partial charge in [0.05, 0.1) is 10.5 Å². The first-order valence-corrected chi connectivity index (χ1v) is 10.2. The van der Waals surface area contributed by atoms with Crippen LogP contribution in [0.2, 0.25) is 0 Å². The van der Waals surface area contributed by atoms with Gasteiger partial charge in [-0.1, -0.05) is 39.0 Å². The topological polar surface area (TPSA) is 68.3 Å². The largest absolute Gasteiger partial charge is 0.229 e. The lowest BCUT2D eigenvalue weighted by atomic mass is 10.1. The van der Waals surface area contributed by atoms with Crippen molar-refractivity contribution < 1.29 is 16.8 Å². The van der Waals surface area contributed by atoms with E-state index in [1.807, 2.05) is 0 Å². The van der Waals surface area contributed by atoms with Crippen molar-refractivity contribution in [1.82, 2.24) is 0 Å². The van der Waals surface area contributed by atoms with Gasteiger partial charge in [0.2, 0.25) is 0 Å². The highest BCUT2D eigenvalue weighted by Gasteiger charge is 2.33. The first-order valence-electron chi connectivity index (χ1n) is 6.31. The molecular formula is C12H25O4S2. The van der Waals surface area contributed by atoms with Crippen LogP contribution >= 0.6 is 0 Å². The lowest BCUT2D eigenvalue weighted by molar-refractivity contribution is 0.542. The molecule has 18 heavy (non-hydrogen) atoms. The van der Waals surface area contributed by atoms with Crippen molar-refractivity contribution in [1.29, 1.82) is 0 Å². The third-order valence-corrected chi connectivity index (χ3v) is 6.37. The van der Waals surface area contributed by atoms with Crippen molar-refractivity contribution in [2.24, 2.45) is 0 Å². The molecular weight excluding hydrogens is 272 g/mol. The van der Waals surface area contributed by atoms with E-state index in [-0.39, 0.29) is 0 Å². The molecule has 0 aromatic heterocycles. The van der Waals surface area contributed by atoms with Gasteiger partial charge in [0.1, 0.15) is 0 Å². The average Bonchev–Trinajstić information content (AvgIpc) is 2.19. The van der Waals surface area contributed by atoms with Crippen molar-refractivity contribution in [3.8, 4) is 0 Å². The van der Waals surface area contributed by atoms with Crippen LogP contribution in [0.3, 0.4) is 0 Å². The Morgan fingerprint density at radius 3 is 1.78 bits per heavy atom. The molecule has 2 atom stereocenters. The third kappa shape index (κ3) is 6.73. The Balaban J connectivity index is 4.55. The van der Waals surface area contributed by atoms with Gasteiger partial charge in [0.15, 0.2) is 19.7 Å². The van der Waals surface area contributed by atoms with Gasteiger partial charge in [-0.25, -0.2) is 16.8 Å². The van der Waals surface area contributed by atoms with E-state index < -0.39 is 30.2 Å². The van der Waals surface area contributed by atoms with Crippen molar-refractivity contribution in [3.63, 3.8) is 0 Å². The predicted molar refractivity (Wildman–Crippen MR) is 76.0 cm³/mol. The lowest BCUT2D eigenvalue weighted by Gasteiger charge is -2.20. The molecule has 0 saturated carbocycles. The molecule has 1 radical (unpaired) electrons. The van der Waals surface area contributed by atoms with Crippen molar-refractivity contribution >= 4 is 19.7 Å². The van der Waals surface area contributed by atoms with Crippen LogP contribution in [-0.2, 0) is 19.7 Å². The highest BCUT2D eigenvalue weighted by atomic mass is 32.2. The van der Waals surface area contributed by atoms with Gasteiger partial charge < -0.3 is 0 Å². The van der Waals surface area contributed by atoms with Crippen molar-refractivity contribution in [2.45, 2.75) is 55.9 Å². The maximum atomic E-state index is 11.6. The van der Waals surface area contributed by atoms with Crippen LogP contribution in [0.25, 0.3) is 0 Å². The van der Waals surface area contributed by atoms with Gasteiger partial charge in [0, 0.05) is 12.5 Å². The number of unbranched alkanes of at least 4 members (excludes halogenated alkanes) is 4. The van der Waals surface area contributed by atoms with Gasteiger partial charge >= 0.3 is 0 Å². The highest BCUT2D eigenvalue weighted by molar-refractivity contribution is 7.95. The lowest BCUT2D eigenvalue weighted by Crippen LogP contribution is -2.37. The molecule has 0 aliphatic rings. The van der Waals surface area contributed by atoms with Crippen molar-refractivity contribution in [3.05, 3.63) is 6.92 Å². The normalized spacial score (nSPS) is 16.4. The van der Waals surface area contributed by atoms with E-state index in [2.05, 4.69) is 13.8 Å². The zero-order chi connectivity index (χ0) is 14.4. The Kier molecular flexibility index (Phi) is 7.44. The fourth-order valence-corrected chi connectivity index (χ4v) is 4.95. The monoisotopic (exact) mass is 297 g/mol. The van der Waals surface area contributed by atoms with Crippen LogP contribution < -0.4 is 0 Å². The summed E-state index contributed by atoms with van der Waals surface area (Å²) in [7, 11) is -6.80. The minimum Gasteiger partial charge on any atom is -0.229 e. The molecule has 0 saturated heterocycles. The van der Waals surface area contributed by atoms with Gasteiger partial charge in [-0.15, -0.1) is 0 Å². The molecule has 109 valence electrons. The standard InChI is InChI=1S/C12H25O4S2/c1-5-6-7-8-9-10-12(18(4,15)16)11(2)17(3,13)14/h11-12H,2,5-10H2,1,3-4H3. The van der Waals surface area contributed by atoms with E-state index >= 15 is 0 Å². The minimum absolute atomic E-state index is 0.379. The number of hydrogen-bond acceptors (Lipinski definition) is 4. The second-order valence-electron chi connectivity index (χ2n) is 4.94. The molecule has 0 rings (SSSR count). The van der Waals surface area contributed by atoms with E-state index in [1.165, 1.54) is 0 Å². The van der Waals surface area contributed by atoms with E-state index in [4.69, 9.17) is 0 Å². The summed E-state index contributed by atoms with van der Waals surface area (Å²) in [4.78, 5) is 0. The Morgan fingerprint density at radius 2 is 1.39 bits per heavy atom. The molecule has 0 aliphatic heterocycles. The second-order valence-corrected chi connectivity index (χ2v) is 9.47. The van der Waals surface area contributed by atoms with E-state index in [1.54, 1.807) is 0 Å². The minimum atomic E-state index is -3.42. The summed E-state index contributed by atoms with van der Waals surface area (Å²) in [6.45, 7) is 5.63. The van der Waals surface area contributed by atoms with Gasteiger partial charge in [-0.3, -0.25) is 0 Å². The number of rotatable bonds is 9. The summed E-state index contributed by atoms with van der Waals surface area (Å²) in [6, 6.07) is 0. The Morgan fingerprint density at radius 1 is 0.889 bits per heavy atom. The summed E-state index contributed by atoms with van der Waals surface area (Å²) < 4.78 is 46.1. The molecule has 0 heterocycles. The molecule has 4 nitrogen and oxygen atoms in total. The Hall–Kier alpha value is -0.100. The summed E-state index contributed by atoms with van der Waals surface area (Å²) in [5.74, 6) is 0. The van der Waals surface area contributed by atoms with Gasteiger partial charge in [-0.05, 0) is 13.3 Å². The fourth-order valence-electron chi connectivity index (χ4n) is 1.90. The van der Waals surface area contributed by atoms with E-state index in [0.717, 1.165) is 44.6 Å². The van der Waals surface area contributed by atoms with Crippen LogP contribution in [0, 0.1) is 6.92 Å².